The molecule has 0 bridgehead atoms. The third-order valence-electron chi connectivity index (χ3n) is 3.95. The Morgan fingerprint density at radius 1 is 1.00 bits per heavy atom. The van der Waals surface area contributed by atoms with Crippen LogP contribution in [-0.4, -0.2) is 22.4 Å². The van der Waals surface area contributed by atoms with Crippen molar-refractivity contribution in [2.45, 2.75) is 20.3 Å². The van der Waals surface area contributed by atoms with Crippen molar-refractivity contribution < 1.29 is 9.18 Å². The molecule has 0 spiro atoms. The number of nitrogens with one attached hydrogen (secondary N) is 1. The van der Waals surface area contributed by atoms with E-state index < -0.39 is 0 Å². The molecule has 0 unspecified atom stereocenters. The van der Waals surface area contributed by atoms with Crippen LogP contribution >= 0.6 is 0 Å². The number of amides is 1. The fourth-order valence-corrected chi connectivity index (χ4v) is 2.45. The maximum Gasteiger partial charge on any atom is 0.251 e. The van der Waals surface area contributed by atoms with Crippen molar-refractivity contribution in [3.05, 3.63) is 70.8 Å². The number of hydrogen-bond donors (Lipinski definition) is 1. The summed E-state index contributed by atoms with van der Waals surface area (Å²) in [6.07, 6.45) is 0.651. The van der Waals surface area contributed by atoms with Crippen LogP contribution < -0.4 is 5.32 Å². The van der Waals surface area contributed by atoms with Crippen LogP contribution in [0.2, 0.25) is 0 Å². The molecule has 1 N–H and O–H groups in total. The van der Waals surface area contributed by atoms with Gasteiger partial charge in [0.25, 0.3) is 5.91 Å². The first kappa shape index (κ1) is 16.1. The van der Waals surface area contributed by atoms with Crippen molar-refractivity contribution in [3.8, 4) is 0 Å². The van der Waals surface area contributed by atoms with Gasteiger partial charge in [0.05, 0.1) is 22.4 Å². The molecule has 24 heavy (non-hydrogen) atoms. The first-order valence-electron chi connectivity index (χ1n) is 7.80. The molecule has 1 aromatic heterocycles. The topological polar surface area (TPSA) is 54.9 Å². The van der Waals surface area contributed by atoms with E-state index in [9.17, 15) is 9.18 Å². The summed E-state index contributed by atoms with van der Waals surface area (Å²) in [4.78, 5) is 21.2. The molecule has 2 aromatic carbocycles. The molecule has 0 aliphatic carbocycles. The molecular formula is C19H18FN3O. The number of carbonyl (C=O) groups is 1. The molecule has 5 heteroatoms. The summed E-state index contributed by atoms with van der Waals surface area (Å²) >= 11 is 0. The molecule has 3 aromatic rings. The van der Waals surface area contributed by atoms with Gasteiger partial charge in [0.2, 0.25) is 0 Å². The van der Waals surface area contributed by atoms with Crippen LogP contribution in [0.1, 0.15) is 27.3 Å². The van der Waals surface area contributed by atoms with E-state index in [2.05, 4.69) is 15.3 Å². The predicted molar refractivity (Wildman–Crippen MR) is 91.4 cm³/mol. The molecule has 3 rings (SSSR count). The average molecular weight is 323 g/mol. The van der Waals surface area contributed by atoms with E-state index in [0.29, 0.717) is 24.0 Å². The third-order valence-corrected chi connectivity index (χ3v) is 3.95. The van der Waals surface area contributed by atoms with Crippen molar-refractivity contribution in [1.29, 1.82) is 0 Å². The highest BCUT2D eigenvalue weighted by Gasteiger charge is 2.08. The second kappa shape index (κ2) is 6.74. The SMILES string of the molecule is Cc1nc2ccc(C(=O)NCCc3ccc(F)cc3)cc2nc1C. The van der Waals surface area contributed by atoms with Crippen molar-refractivity contribution in [1.82, 2.24) is 15.3 Å². The zero-order valence-electron chi connectivity index (χ0n) is 13.6. The monoisotopic (exact) mass is 323 g/mol. The zero-order valence-corrected chi connectivity index (χ0v) is 13.6. The van der Waals surface area contributed by atoms with Gasteiger partial charge in [-0.2, -0.15) is 0 Å². The van der Waals surface area contributed by atoms with E-state index >= 15 is 0 Å². The lowest BCUT2D eigenvalue weighted by Crippen LogP contribution is -2.25. The number of fused-ring (bicyclic) bond motifs is 1. The van der Waals surface area contributed by atoms with Gasteiger partial charge in [0.1, 0.15) is 5.82 Å². The number of benzene rings is 2. The average Bonchev–Trinajstić information content (AvgIpc) is 2.57. The van der Waals surface area contributed by atoms with Crippen LogP contribution in [0.4, 0.5) is 4.39 Å². The molecule has 122 valence electrons. The summed E-state index contributed by atoms with van der Waals surface area (Å²) in [7, 11) is 0. The molecule has 4 nitrogen and oxygen atoms in total. The molecule has 0 aliphatic rings. The lowest BCUT2D eigenvalue weighted by molar-refractivity contribution is 0.0954. The minimum atomic E-state index is -0.259. The molecule has 0 saturated heterocycles. The van der Waals surface area contributed by atoms with Crippen molar-refractivity contribution >= 4 is 16.9 Å². The standard InChI is InChI=1S/C19H18FN3O/c1-12-13(2)23-18-11-15(5-8-17(18)22-12)19(24)21-10-9-14-3-6-16(20)7-4-14/h3-8,11H,9-10H2,1-2H3,(H,21,24). The Labute approximate surface area is 139 Å². The Bertz CT molecular complexity index is 891. The van der Waals surface area contributed by atoms with Gasteiger partial charge in [0, 0.05) is 12.1 Å². The van der Waals surface area contributed by atoms with Gasteiger partial charge >= 0.3 is 0 Å². The van der Waals surface area contributed by atoms with Gasteiger partial charge in [-0.15, -0.1) is 0 Å². The summed E-state index contributed by atoms with van der Waals surface area (Å²) in [6, 6.07) is 11.6. The summed E-state index contributed by atoms with van der Waals surface area (Å²) in [6.45, 7) is 4.30. The second-order valence-electron chi connectivity index (χ2n) is 5.73. The quantitative estimate of drug-likeness (QED) is 0.801. The van der Waals surface area contributed by atoms with Crippen molar-refractivity contribution in [3.63, 3.8) is 0 Å². The van der Waals surface area contributed by atoms with E-state index in [1.165, 1.54) is 12.1 Å². The Hall–Kier alpha value is -2.82. The number of halogens is 1. The number of carbonyl (C=O) groups excluding carboxylic acids is 1. The smallest absolute Gasteiger partial charge is 0.251 e. The van der Waals surface area contributed by atoms with Crippen LogP contribution in [0, 0.1) is 19.7 Å². The molecule has 0 saturated carbocycles. The molecule has 1 heterocycles. The number of rotatable bonds is 4. The third kappa shape index (κ3) is 3.56. The van der Waals surface area contributed by atoms with Crippen molar-refractivity contribution in [2.24, 2.45) is 0 Å². The molecular weight excluding hydrogens is 305 g/mol. The van der Waals surface area contributed by atoms with Gasteiger partial charge in [-0.1, -0.05) is 12.1 Å². The largest absolute Gasteiger partial charge is 0.352 e. The van der Waals surface area contributed by atoms with E-state index in [0.717, 1.165) is 22.5 Å². The van der Waals surface area contributed by atoms with Crippen LogP contribution in [0.15, 0.2) is 42.5 Å². The number of aryl methyl sites for hydroxylation is 2. The normalized spacial score (nSPS) is 10.8. The Morgan fingerprint density at radius 3 is 2.38 bits per heavy atom. The van der Waals surface area contributed by atoms with Gasteiger partial charge in [-0.05, 0) is 56.2 Å². The van der Waals surface area contributed by atoms with E-state index in [1.807, 2.05) is 19.9 Å². The highest BCUT2D eigenvalue weighted by Crippen LogP contribution is 2.14. The number of hydrogen-bond acceptors (Lipinski definition) is 3. The summed E-state index contributed by atoms with van der Waals surface area (Å²) < 4.78 is 12.9. The highest BCUT2D eigenvalue weighted by atomic mass is 19.1. The van der Waals surface area contributed by atoms with Gasteiger partial charge in [-0.3, -0.25) is 4.79 Å². The first-order valence-corrected chi connectivity index (χ1v) is 7.80. The van der Waals surface area contributed by atoms with E-state index in [1.54, 1.807) is 24.3 Å². The summed E-state index contributed by atoms with van der Waals surface area (Å²) in [5, 5.41) is 2.87. The first-order chi connectivity index (χ1) is 11.5. The summed E-state index contributed by atoms with van der Waals surface area (Å²) in [5.41, 5.74) is 4.77. The highest BCUT2D eigenvalue weighted by molar-refractivity contribution is 5.97. The molecule has 0 radical (unpaired) electrons. The Morgan fingerprint density at radius 2 is 1.67 bits per heavy atom. The lowest BCUT2D eigenvalue weighted by Gasteiger charge is -2.07. The minimum Gasteiger partial charge on any atom is -0.352 e. The Balaban J connectivity index is 1.67. The molecule has 1 amide bonds. The molecule has 0 fully saturated rings. The number of aromatic nitrogens is 2. The Kier molecular flexibility index (Phi) is 4.51. The van der Waals surface area contributed by atoms with Crippen molar-refractivity contribution in [2.75, 3.05) is 6.54 Å². The van der Waals surface area contributed by atoms with Crippen LogP contribution in [0.3, 0.4) is 0 Å². The maximum absolute atomic E-state index is 12.9. The predicted octanol–water partition coefficient (Wildman–Crippen LogP) is 3.36. The molecule has 0 aliphatic heterocycles. The van der Waals surface area contributed by atoms with E-state index in [-0.39, 0.29) is 11.7 Å². The van der Waals surface area contributed by atoms with Gasteiger partial charge in [0.15, 0.2) is 0 Å². The minimum absolute atomic E-state index is 0.154. The van der Waals surface area contributed by atoms with Crippen LogP contribution in [0.25, 0.3) is 11.0 Å². The molecule has 0 atom stereocenters. The second-order valence-corrected chi connectivity index (χ2v) is 5.73. The maximum atomic E-state index is 12.9. The lowest BCUT2D eigenvalue weighted by atomic mass is 10.1. The van der Waals surface area contributed by atoms with Crippen LogP contribution in [-0.2, 0) is 6.42 Å². The fourth-order valence-electron chi connectivity index (χ4n) is 2.45. The zero-order chi connectivity index (χ0) is 17.1. The van der Waals surface area contributed by atoms with Gasteiger partial charge < -0.3 is 5.32 Å². The van der Waals surface area contributed by atoms with Crippen LogP contribution in [0.5, 0.6) is 0 Å². The van der Waals surface area contributed by atoms with Gasteiger partial charge in [-0.25, -0.2) is 14.4 Å². The number of nitrogens with zero attached hydrogens (tertiary/aromatic N) is 2. The van der Waals surface area contributed by atoms with E-state index in [4.69, 9.17) is 0 Å². The fraction of sp³-hybridized carbons (Fsp3) is 0.211. The summed E-state index contributed by atoms with van der Waals surface area (Å²) in [5.74, 6) is -0.412.